The number of Topliss-reactive ketones (excluding diaryl/α,β-unsaturated/α-hetero) is 1. The molecular formula is C12H16O2. The molecule has 0 amide bonds. The highest BCUT2D eigenvalue weighted by atomic mass is 16.3. The van der Waals surface area contributed by atoms with Crippen molar-refractivity contribution in [3.8, 4) is 0 Å². The topological polar surface area (TPSA) is 37.3 Å². The van der Waals surface area contributed by atoms with Crippen LogP contribution in [0.25, 0.3) is 0 Å². The average molecular weight is 192 g/mol. The second kappa shape index (κ2) is 3.06. The van der Waals surface area contributed by atoms with Crippen molar-refractivity contribution in [1.29, 1.82) is 0 Å². The minimum atomic E-state index is -0.536. The Labute approximate surface area is 84.3 Å². The summed E-state index contributed by atoms with van der Waals surface area (Å²) in [7, 11) is 0. The van der Waals surface area contributed by atoms with Gasteiger partial charge < -0.3 is 5.11 Å². The van der Waals surface area contributed by atoms with E-state index in [1.54, 1.807) is 0 Å². The van der Waals surface area contributed by atoms with Gasteiger partial charge >= 0.3 is 0 Å². The molecule has 0 aromatic carbocycles. The van der Waals surface area contributed by atoms with E-state index in [0.717, 1.165) is 24.8 Å². The second-order valence-electron chi connectivity index (χ2n) is 4.73. The molecule has 14 heavy (non-hydrogen) atoms. The molecule has 0 spiro atoms. The molecule has 1 unspecified atom stereocenters. The van der Waals surface area contributed by atoms with Crippen LogP contribution in [0.2, 0.25) is 0 Å². The van der Waals surface area contributed by atoms with Crippen molar-refractivity contribution in [2.45, 2.75) is 33.1 Å². The van der Waals surface area contributed by atoms with E-state index >= 15 is 0 Å². The Balaban J connectivity index is 2.36. The fourth-order valence-corrected chi connectivity index (χ4v) is 2.32. The van der Waals surface area contributed by atoms with E-state index in [1.807, 2.05) is 13.0 Å². The molecule has 1 atom stereocenters. The molecule has 0 heterocycles. The van der Waals surface area contributed by atoms with Crippen molar-refractivity contribution in [3.05, 3.63) is 22.8 Å². The SMILES string of the molecule is CC1=CC2=C(CC1)CC(C)(CO)C2=O. The summed E-state index contributed by atoms with van der Waals surface area (Å²) in [6.07, 6.45) is 4.82. The van der Waals surface area contributed by atoms with Crippen LogP contribution in [0.4, 0.5) is 0 Å². The number of hydrogen-bond acceptors (Lipinski definition) is 2. The smallest absolute Gasteiger partial charge is 0.171 e. The highest BCUT2D eigenvalue weighted by molar-refractivity contribution is 6.05. The van der Waals surface area contributed by atoms with E-state index in [9.17, 15) is 9.90 Å². The summed E-state index contributed by atoms with van der Waals surface area (Å²) in [4.78, 5) is 12.0. The van der Waals surface area contributed by atoms with Crippen molar-refractivity contribution >= 4 is 5.78 Å². The van der Waals surface area contributed by atoms with Gasteiger partial charge in [-0.3, -0.25) is 4.79 Å². The van der Waals surface area contributed by atoms with Gasteiger partial charge in [0.2, 0.25) is 0 Å². The third kappa shape index (κ3) is 1.25. The predicted octanol–water partition coefficient (Wildman–Crippen LogP) is 1.99. The molecule has 76 valence electrons. The maximum absolute atomic E-state index is 12.0. The number of rotatable bonds is 1. The maximum atomic E-state index is 12.0. The number of ketones is 1. The van der Waals surface area contributed by atoms with Crippen molar-refractivity contribution in [3.63, 3.8) is 0 Å². The van der Waals surface area contributed by atoms with Crippen LogP contribution in [0.3, 0.4) is 0 Å². The monoisotopic (exact) mass is 192 g/mol. The zero-order valence-corrected chi connectivity index (χ0v) is 8.76. The molecule has 2 nitrogen and oxygen atoms in total. The van der Waals surface area contributed by atoms with Crippen LogP contribution in [0.15, 0.2) is 22.8 Å². The molecule has 0 bridgehead atoms. The quantitative estimate of drug-likeness (QED) is 0.690. The molecule has 0 radical (unpaired) electrons. The Bertz CT molecular complexity index is 349. The molecule has 0 saturated heterocycles. The lowest BCUT2D eigenvalue weighted by Crippen LogP contribution is -2.27. The molecule has 0 aromatic rings. The fourth-order valence-electron chi connectivity index (χ4n) is 2.32. The molecule has 0 saturated carbocycles. The molecule has 2 rings (SSSR count). The first-order valence-corrected chi connectivity index (χ1v) is 5.12. The Kier molecular flexibility index (Phi) is 2.11. The van der Waals surface area contributed by atoms with Crippen LogP contribution in [-0.4, -0.2) is 17.5 Å². The lowest BCUT2D eigenvalue weighted by molar-refractivity contribution is -0.124. The molecule has 2 aliphatic carbocycles. The van der Waals surface area contributed by atoms with Crippen LogP contribution < -0.4 is 0 Å². The molecule has 0 fully saturated rings. The van der Waals surface area contributed by atoms with E-state index in [1.165, 1.54) is 11.1 Å². The Morgan fingerprint density at radius 3 is 2.86 bits per heavy atom. The van der Waals surface area contributed by atoms with Gasteiger partial charge in [0.1, 0.15) is 0 Å². The number of hydrogen-bond donors (Lipinski definition) is 1. The van der Waals surface area contributed by atoms with Crippen molar-refractivity contribution in [2.24, 2.45) is 5.41 Å². The summed E-state index contributed by atoms with van der Waals surface area (Å²) in [5, 5.41) is 9.24. The Hall–Kier alpha value is -0.890. The number of aliphatic hydroxyl groups is 1. The predicted molar refractivity (Wildman–Crippen MR) is 54.8 cm³/mol. The number of carbonyl (C=O) groups excluding carboxylic acids is 1. The third-order valence-corrected chi connectivity index (χ3v) is 3.34. The third-order valence-electron chi connectivity index (χ3n) is 3.34. The number of carbonyl (C=O) groups is 1. The summed E-state index contributed by atoms with van der Waals surface area (Å²) >= 11 is 0. The Morgan fingerprint density at radius 1 is 1.50 bits per heavy atom. The van der Waals surface area contributed by atoms with Crippen LogP contribution in [-0.2, 0) is 4.79 Å². The normalized spacial score (nSPS) is 31.9. The molecule has 0 aromatic heterocycles. The van der Waals surface area contributed by atoms with E-state index in [2.05, 4.69) is 6.92 Å². The lowest BCUT2D eigenvalue weighted by Gasteiger charge is -2.18. The maximum Gasteiger partial charge on any atom is 0.171 e. The van der Waals surface area contributed by atoms with E-state index in [-0.39, 0.29) is 12.4 Å². The number of allylic oxidation sites excluding steroid dienone is 4. The highest BCUT2D eigenvalue weighted by Crippen LogP contribution is 2.43. The highest BCUT2D eigenvalue weighted by Gasteiger charge is 2.42. The van der Waals surface area contributed by atoms with Crippen molar-refractivity contribution < 1.29 is 9.90 Å². The van der Waals surface area contributed by atoms with Crippen LogP contribution in [0.5, 0.6) is 0 Å². The zero-order valence-electron chi connectivity index (χ0n) is 8.76. The summed E-state index contributed by atoms with van der Waals surface area (Å²) in [6, 6.07) is 0. The first kappa shape index (κ1) is 9.66. The van der Waals surface area contributed by atoms with Gasteiger partial charge in [-0.05, 0) is 33.1 Å². The largest absolute Gasteiger partial charge is 0.395 e. The standard InChI is InChI=1S/C12H16O2/c1-8-3-4-9-6-12(2,7-13)11(14)10(9)5-8/h5,13H,3-4,6-7H2,1-2H3. The van der Waals surface area contributed by atoms with Gasteiger partial charge in [-0.15, -0.1) is 0 Å². The van der Waals surface area contributed by atoms with Gasteiger partial charge in [0.25, 0.3) is 0 Å². The van der Waals surface area contributed by atoms with Gasteiger partial charge in [-0.2, -0.15) is 0 Å². The van der Waals surface area contributed by atoms with E-state index < -0.39 is 5.41 Å². The van der Waals surface area contributed by atoms with Gasteiger partial charge in [-0.1, -0.05) is 17.2 Å². The molecule has 1 N–H and O–H groups in total. The van der Waals surface area contributed by atoms with Crippen LogP contribution in [0.1, 0.15) is 33.1 Å². The second-order valence-corrected chi connectivity index (χ2v) is 4.73. The molecule has 2 heteroatoms. The minimum Gasteiger partial charge on any atom is -0.395 e. The molecule has 0 aliphatic heterocycles. The summed E-state index contributed by atoms with van der Waals surface area (Å²) in [5.74, 6) is 0.133. The van der Waals surface area contributed by atoms with Gasteiger partial charge in [0, 0.05) is 5.57 Å². The first-order chi connectivity index (χ1) is 6.57. The van der Waals surface area contributed by atoms with Gasteiger partial charge in [-0.25, -0.2) is 0 Å². The minimum absolute atomic E-state index is 0.0360. The fraction of sp³-hybridized carbons (Fsp3) is 0.583. The summed E-state index contributed by atoms with van der Waals surface area (Å²) in [6.45, 7) is 3.88. The van der Waals surface area contributed by atoms with Crippen molar-refractivity contribution in [1.82, 2.24) is 0 Å². The number of aliphatic hydroxyl groups excluding tert-OH is 1. The summed E-state index contributed by atoms with van der Waals surface area (Å²) < 4.78 is 0. The average Bonchev–Trinajstić information content (AvgIpc) is 2.42. The summed E-state index contributed by atoms with van der Waals surface area (Å²) in [5.41, 5.74) is 2.87. The van der Waals surface area contributed by atoms with Gasteiger partial charge in [0.05, 0.1) is 12.0 Å². The van der Waals surface area contributed by atoms with E-state index in [0.29, 0.717) is 0 Å². The molecular weight excluding hydrogens is 176 g/mol. The van der Waals surface area contributed by atoms with Gasteiger partial charge in [0.15, 0.2) is 5.78 Å². The molecule has 2 aliphatic rings. The van der Waals surface area contributed by atoms with Crippen LogP contribution in [0, 0.1) is 5.41 Å². The first-order valence-electron chi connectivity index (χ1n) is 5.12. The Morgan fingerprint density at radius 2 is 2.21 bits per heavy atom. The van der Waals surface area contributed by atoms with E-state index in [4.69, 9.17) is 0 Å². The van der Waals surface area contributed by atoms with Crippen molar-refractivity contribution in [2.75, 3.05) is 6.61 Å². The zero-order chi connectivity index (χ0) is 10.3. The van der Waals surface area contributed by atoms with Crippen LogP contribution >= 0.6 is 0 Å². The lowest BCUT2D eigenvalue weighted by atomic mass is 9.86.